The lowest BCUT2D eigenvalue weighted by Crippen LogP contribution is -2.07. The van der Waals surface area contributed by atoms with Gasteiger partial charge in [0.2, 0.25) is 0 Å². The molecular formula is C10H12N2OS. The molecule has 0 radical (unpaired) electrons. The number of rotatable bonds is 1. The summed E-state index contributed by atoms with van der Waals surface area (Å²) < 4.78 is 0. The van der Waals surface area contributed by atoms with Crippen LogP contribution in [0.5, 0.6) is 0 Å². The second-order valence-corrected chi connectivity index (χ2v) is 4.55. The average molecular weight is 208 g/mol. The van der Waals surface area contributed by atoms with Crippen LogP contribution in [0.25, 0.3) is 0 Å². The molecule has 0 unspecified atom stereocenters. The standard InChI is InChI=1S/C10H12N2OS/c1-7-8-2-4-14-5-3-9(8)12-10(6-13)11-7/h6H,2-5H2,1H3. The van der Waals surface area contributed by atoms with Gasteiger partial charge in [0.15, 0.2) is 12.1 Å². The van der Waals surface area contributed by atoms with Crippen LogP contribution in [0.15, 0.2) is 0 Å². The monoisotopic (exact) mass is 208 g/mol. The summed E-state index contributed by atoms with van der Waals surface area (Å²) in [6.45, 7) is 1.96. The minimum absolute atomic E-state index is 0.327. The van der Waals surface area contributed by atoms with Gasteiger partial charge in [-0.2, -0.15) is 11.8 Å². The van der Waals surface area contributed by atoms with Crippen LogP contribution < -0.4 is 0 Å². The molecule has 0 N–H and O–H groups in total. The first kappa shape index (κ1) is 9.65. The number of nitrogens with zero attached hydrogens (tertiary/aromatic N) is 2. The Hall–Kier alpha value is -0.900. The first-order chi connectivity index (χ1) is 6.81. The Bertz CT molecular complexity index is 365. The summed E-state index contributed by atoms with van der Waals surface area (Å²) >= 11 is 1.94. The normalized spacial score (nSPS) is 15.8. The molecule has 0 saturated carbocycles. The number of carbonyl (C=O) groups excluding carboxylic acids is 1. The van der Waals surface area contributed by atoms with Crippen molar-refractivity contribution in [3.05, 3.63) is 22.8 Å². The highest BCUT2D eigenvalue weighted by molar-refractivity contribution is 7.99. The number of aryl methyl sites for hydroxylation is 2. The Labute approximate surface area is 87.3 Å². The average Bonchev–Trinajstić information content (AvgIpc) is 2.42. The molecular weight excluding hydrogens is 196 g/mol. The molecule has 0 bridgehead atoms. The van der Waals surface area contributed by atoms with Crippen LogP contribution in [0.4, 0.5) is 0 Å². The fourth-order valence-electron chi connectivity index (χ4n) is 1.71. The van der Waals surface area contributed by atoms with Crippen LogP contribution in [-0.4, -0.2) is 27.8 Å². The maximum atomic E-state index is 10.6. The smallest absolute Gasteiger partial charge is 0.193 e. The second-order valence-electron chi connectivity index (χ2n) is 3.32. The summed E-state index contributed by atoms with van der Waals surface area (Å²) in [5.41, 5.74) is 3.30. The zero-order valence-corrected chi connectivity index (χ0v) is 8.93. The lowest BCUT2D eigenvalue weighted by atomic mass is 10.1. The third-order valence-corrected chi connectivity index (χ3v) is 3.39. The van der Waals surface area contributed by atoms with Crippen molar-refractivity contribution in [2.75, 3.05) is 11.5 Å². The quantitative estimate of drug-likeness (QED) is 0.655. The molecule has 4 heteroatoms. The van der Waals surface area contributed by atoms with Crippen molar-refractivity contribution in [3.8, 4) is 0 Å². The Kier molecular flexibility index (Phi) is 2.82. The molecule has 0 aliphatic carbocycles. The van der Waals surface area contributed by atoms with Crippen LogP contribution in [-0.2, 0) is 12.8 Å². The zero-order valence-electron chi connectivity index (χ0n) is 8.12. The van der Waals surface area contributed by atoms with Gasteiger partial charge >= 0.3 is 0 Å². The molecule has 0 spiro atoms. The van der Waals surface area contributed by atoms with E-state index in [1.54, 1.807) is 0 Å². The second kappa shape index (κ2) is 4.09. The molecule has 2 heterocycles. The minimum atomic E-state index is 0.327. The van der Waals surface area contributed by atoms with Gasteiger partial charge in [-0.1, -0.05) is 0 Å². The van der Waals surface area contributed by atoms with E-state index in [-0.39, 0.29) is 0 Å². The summed E-state index contributed by atoms with van der Waals surface area (Å²) in [7, 11) is 0. The van der Waals surface area contributed by atoms with Crippen LogP contribution >= 0.6 is 11.8 Å². The first-order valence-electron chi connectivity index (χ1n) is 4.70. The fourth-order valence-corrected chi connectivity index (χ4v) is 2.60. The molecule has 1 aromatic heterocycles. The Balaban J connectivity index is 2.48. The van der Waals surface area contributed by atoms with Crippen molar-refractivity contribution >= 4 is 18.0 Å². The summed E-state index contributed by atoms with van der Waals surface area (Å²) in [6.07, 6.45) is 2.72. The Morgan fingerprint density at radius 1 is 1.29 bits per heavy atom. The molecule has 74 valence electrons. The summed E-state index contributed by atoms with van der Waals surface area (Å²) in [5, 5.41) is 0. The minimum Gasteiger partial charge on any atom is -0.294 e. The lowest BCUT2D eigenvalue weighted by Gasteiger charge is -2.07. The van der Waals surface area contributed by atoms with Crippen LogP contribution in [0.1, 0.15) is 27.6 Å². The van der Waals surface area contributed by atoms with Gasteiger partial charge in [-0.15, -0.1) is 0 Å². The summed E-state index contributed by atoms with van der Waals surface area (Å²) in [5.74, 6) is 2.56. The highest BCUT2D eigenvalue weighted by Crippen LogP contribution is 2.20. The maximum absolute atomic E-state index is 10.6. The number of hydrogen-bond acceptors (Lipinski definition) is 4. The van der Waals surface area contributed by atoms with Gasteiger partial charge in [0.25, 0.3) is 0 Å². The predicted molar refractivity (Wildman–Crippen MR) is 56.9 cm³/mol. The third kappa shape index (κ3) is 1.80. The highest BCUT2D eigenvalue weighted by atomic mass is 32.2. The Morgan fingerprint density at radius 2 is 2.07 bits per heavy atom. The molecule has 0 saturated heterocycles. The lowest BCUT2D eigenvalue weighted by molar-refractivity contribution is 0.111. The van der Waals surface area contributed by atoms with E-state index in [0.717, 1.165) is 42.0 Å². The van der Waals surface area contributed by atoms with Crippen LogP contribution in [0.3, 0.4) is 0 Å². The molecule has 0 atom stereocenters. The van der Waals surface area contributed by atoms with Crippen molar-refractivity contribution in [2.45, 2.75) is 19.8 Å². The van der Waals surface area contributed by atoms with Crippen LogP contribution in [0, 0.1) is 6.92 Å². The predicted octanol–water partition coefficient (Wildman–Crippen LogP) is 1.43. The first-order valence-corrected chi connectivity index (χ1v) is 5.86. The number of carbonyl (C=O) groups is 1. The van der Waals surface area contributed by atoms with E-state index in [1.165, 1.54) is 5.56 Å². The summed E-state index contributed by atoms with van der Waals surface area (Å²) in [6, 6.07) is 0. The highest BCUT2D eigenvalue weighted by Gasteiger charge is 2.13. The molecule has 0 amide bonds. The van der Waals surface area contributed by atoms with E-state index in [9.17, 15) is 4.79 Å². The van der Waals surface area contributed by atoms with E-state index in [2.05, 4.69) is 9.97 Å². The van der Waals surface area contributed by atoms with Gasteiger partial charge in [-0.3, -0.25) is 4.79 Å². The van der Waals surface area contributed by atoms with E-state index in [1.807, 2.05) is 18.7 Å². The van der Waals surface area contributed by atoms with E-state index >= 15 is 0 Å². The maximum Gasteiger partial charge on any atom is 0.193 e. The topological polar surface area (TPSA) is 42.9 Å². The molecule has 1 aliphatic heterocycles. The van der Waals surface area contributed by atoms with Gasteiger partial charge < -0.3 is 0 Å². The molecule has 3 nitrogen and oxygen atoms in total. The van der Waals surface area contributed by atoms with E-state index in [4.69, 9.17) is 0 Å². The Morgan fingerprint density at radius 3 is 2.86 bits per heavy atom. The molecule has 2 rings (SSSR count). The molecule has 0 aromatic carbocycles. The zero-order chi connectivity index (χ0) is 9.97. The number of fused-ring (bicyclic) bond motifs is 1. The fraction of sp³-hybridized carbons (Fsp3) is 0.500. The van der Waals surface area contributed by atoms with E-state index in [0.29, 0.717) is 5.82 Å². The number of hydrogen-bond donors (Lipinski definition) is 0. The molecule has 1 aromatic rings. The van der Waals surface area contributed by atoms with Crippen molar-refractivity contribution in [1.29, 1.82) is 0 Å². The van der Waals surface area contributed by atoms with Gasteiger partial charge in [-0.25, -0.2) is 9.97 Å². The van der Waals surface area contributed by atoms with Gasteiger partial charge in [0.1, 0.15) is 0 Å². The largest absolute Gasteiger partial charge is 0.294 e. The van der Waals surface area contributed by atoms with Gasteiger partial charge in [0, 0.05) is 11.4 Å². The number of aldehydes is 1. The SMILES string of the molecule is Cc1nc(C=O)nc2c1CCSCC2. The third-order valence-electron chi connectivity index (χ3n) is 2.40. The van der Waals surface area contributed by atoms with Crippen LogP contribution in [0.2, 0.25) is 0 Å². The summed E-state index contributed by atoms with van der Waals surface area (Å²) in [4.78, 5) is 19.0. The van der Waals surface area contributed by atoms with Crippen molar-refractivity contribution < 1.29 is 4.79 Å². The molecule has 1 aliphatic rings. The molecule has 14 heavy (non-hydrogen) atoms. The van der Waals surface area contributed by atoms with Crippen molar-refractivity contribution in [3.63, 3.8) is 0 Å². The van der Waals surface area contributed by atoms with Crippen molar-refractivity contribution in [2.24, 2.45) is 0 Å². The number of aromatic nitrogens is 2. The van der Waals surface area contributed by atoms with E-state index < -0.39 is 0 Å². The number of thioether (sulfide) groups is 1. The molecule has 0 fully saturated rings. The van der Waals surface area contributed by atoms with Gasteiger partial charge in [0.05, 0.1) is 0 Å². The van der Waals surface area contributed by atoms with Crippen molar-refractivity contribution in [1.82, 2.24) is 9.97 Å². The van der Waals surface area contributed by atoms with Gasteiger partial charge in [-0.05, 0) is 36.8 Å².